The van der Waals surface area contributed by atoms with E-state index in [1.165, 1.54) is 12.1 Å². The molecule has 6 nitrogen and oxygen atoms in total. The second-order valence-electron chi connectivity index (χ2n) is 6.34. The van der Waals surface area contributed by atoms with Gasteiger partial charge in [0.05, 0.1) is 23.2 Å². The molecule has 1 aliphatic carbocycles. The van der Waals surface area contributed by atoms with Gasteiger partial charge in [-0.3, -0.25) is 4.68 Å². The molecule has 0 spiro atoms. The Balaban J connectivity index is 1.91. The van der Waals surface area contributed by atoms with Crippen LogP contribution in [0.25, 0.3) is 0 Å². The maximum atomic E-state index is 13.2. The average Bonchev–Trinajstić information content (AvgIpc) is 2.88. The number of rotatable bonds is 5. The molecule has 1 fully saturated rings. The fraction of sp³-hybridized carbons (Fsp3) is 0.438. The minimum absolute atomic E-state index is 0.000250. The predicted octanol–water partition coefficient (Wildman–Crippen LogP) is 1.66. The van der Waals surface area contributed by atoms with Gasteiger partial charge < -0.3 is 5.11 Å². The Labute approximate surface area is 140 Å². The Kier molecular flexibility index (Phi) is 4.46. The minimum Gasteiger partial charge on any atom is -0.393 e. The number of nitrogens with zero attached hydrogens (tertiary/aromatic N) is 2. The number of aliphatic hydroxyl groups excluding tert-OH is 1. The van der Waals surface area contributed by atoms with Crippen molar-refractivity contribution in [3.63, 3.8) is 0 Å². The first-order valence-corrected chi connectivity index (χ1v) is 9.19. The Bertz CT molecular complexity index is 844. The zero-order valence-electron chi connectivity index (χ0n) is 13.5. The summed E-state index contributed by atoms with van der Waals surface area (Å²) in [5.41, 5.74) is 1.10. The number of hydrogen-bond donors (Lipinski definition) is 2. The van der Waals surface area contributed by atoms with Crippen LogP contribution >= 0.6 is 0 Å². The van der Waals surface area contributed by atoms with Crippen LogP contribution in [0.3, 0.4) is 0 Å². The maximum absolute atomic E-state index is 13.2. The first-order chi connectivity index (χ1) is 11.3. The Morgan fingerprint density at radius 3 is 2.67 bits per heavy atom. The van der Waals surface area contributed by atoms with Crippen molar-refractivity contribution in [1.29, 1.82) is 0 Å². The molecule has 0 saturated heterocycles. The van der Waals surface area contributed by atoms with Gasteiger partial charge >= 0.3 is 0 Å². The molecule has 0 bridgehead atoms. The monoisotopic (exact) mass is 353 g/mol. The van der Waals surface area contributed by atoms with Crippen molar-refractivity contribution >= 4 is 10.0 Å². The van der Waals surface area contributed by atoms with Crippen molar-refractivity contribution in [2.45, 2.75) is 36.8 Å². The summed E-state index contributed by atoms with van der Waals surface area (Å²) in [5, 5.41) is 13.7. The van der Waals surface area contributed by atoms with Gasteiger partial charge in [-0.25, -0.2) is 17.5 Å². The van der Waals surface area contributed by atoms with E-state index >= 15 is 0 Å². The number of halogens is 1. The van der Waals surface area contributed by atoms with Crippen molar-refractivity contribution in [3.05, 3.63) is 47.5 Å². The zero-order valence-corrected chi connectivity index (χ0v) is 14.3. The summed E-state index contributed by atoms with van der Waals surface area (Å²) in [7, 11) is -2.06. The third-order valence-corrected chi connectivity index (χ3v) is 6.01. The van der Waals surface area contributed by atoms with Gasteiger partial charge in [-0.2, -0.15) is 5.10 Å². The fourth-order valence-corrected chi connectivity index (χ4v) is 4.60. The highest BCUT2D eigenvalue weighted by Gasteiger charge is 2.38. The van der Waals surface area contributed by atoms with Gasteiger partial charge in [-0.15, -0.1) is 0 Å². The molecule has 1 aromatic carbocycles. The highest BCUT2D eigenvalue weighted by molar-refractivity contribution is 7.89. The van der Waals surface area contributed by atoms with Gasteiger partial charge in [0.1, 0.15) is 5.82 Å². The molecule has 8 heteroatoms. The Hall–Kier alpha value is -1.77. The first kappa shape index (κ1) is 17.1. The maximum Gasteiger partial charge on any atom is 0.241 e. The molecule has 130 valence electrons. The molecule has 0 amide bonds. The largest absolute Gasteiger partial charge is 0.393 e. The molecule has 24 heavy (non-hydrogen) atoms. The molecular weight excluding hydrogens is 333 g/mol. The van der Waals surface area contributed by atoms with E-state index < -0.39 is 28.0 Å². The lowest BCUT2D eigenvalue weighted by molar-refractivity contribution is 0.0280. The molecule has 1 heterocycles. The van der Waals surface area contributed by atoms with Crippen molar-refractivity contribution in [3.8, 4) is 0 Å². The second kappa shape index (κ2) is 6.27. The van der Waals surface area contributed by atoms with Crippen LogP contribution in [-0.2, 0) is 17.1 Å². The number of nitrogens with one attached hydrogen (secondary N) is 1. The van der Waals surface area contributed by atoms with Gasteiger partial charge in [0, 0.05) is 18.8 Å². The van der Waals surface area contributed by atoms with Crippen molar-refractivity contribution in [2.24, 2.45) is 13.0 Å². The summed E-state index contributed by atoms with van der Waals surface area (Å²) in [6.07, 6.45) is 4.05. The molecule has 2 N–H and O–H groups in total. The van der Waals surface area contributed by atoms with Gasteiger partial charge in [0.2, 0.25) is 10.0 Å². The first-order valence-electron chi connectivity index (χ1n) is 7.71. The van der Waals surface area contributed by atoms with Crippen LogP contribution in [0.4, 0.5) is 4.39 Å². The highest BCUT2D eigenvalue weighted by Crippen LogP contribution is 2.39. The smallest absolute Gasteiger partial charge is 0.241 e. The van der Waals surface area contributed by atoms with Crippen molar-refractivity contribution in [2.75, 3.05) is 0 Å². The van der Waals surface area contributed by atoms with Gasteiger partial charge in [0.15, 0.2) is 0 Å². The number of aliphatic hydroxyl groups is 1. The average molecular weight is 353 g/mol. The minimum atomic E-state index is -3.82. The van der Waals surface area contributed by atoms with Gasteiger partial charge in [0.25, 0.3) is 0 Å². The van der Waals surface area contributed by atoms with E-state index in [2.05, 4.69) is 9.82 Å². The quantitative estimate of drug-likeness (QED) is 0.856. The standard InChI is InChI=1S/C16H20FN3O3S/c1-10-5-13(17)3-4-15(10)24(22,23)19-16(11-6-14(21)7-11)12-8-18-20(2)9-12/h3-5,8-9,11,14,16,19,21H,6-7H2,1-2H3/t11?,14?,16-/m1/s1. The molecule has 3 rings (SSSR count). The summed E-state index contributed by atoms with van der Waals surface area (Å²) in [5.74, 6) is -0.475. The topological polar surface area (TPSA) is 84.2 Å². The lowest BCUT2D eigenvalue weighted by Gasteiger charge is -2.37. The lowest BCUT2D eigenvalue weighted by Crippen LogP contribution is -2.41. The lowest BCUT2D eigenvalue weighted by atomic mass is 9.76. The van der Waals surface area contributed by atoms with Crippen LogP contribution in [0.15, 0.2) is 35.5 Å². The van der Waals surface area contributed by atoms with E-state index in [1.807, 2.05) is 0 Å². The SMILES string of the molecule is Cc1cc(F)ccc1S(=O)(=O)N[C@@H](c1cnn(C)c1)C1CC(O)C1. The summed E-state index contributed by atoms with van der Waals surface area (Å²) in [6.45, 7) is 1.56. The molecular formula is C16H20FN3O3S. The van der Waals surface area contributed by atoms with Crippen LogP contribution in [0.5, 0.6) is 0 Å². The summed E-state index contributed by atoms with van der Waals surface area (Å²) in [4.78, 5) is 0.0534. The van der Waals surface area contributed by atoms with Crippen LogP contribution < -0.4 is 4.72 Å². The molecule has 0 aliphatic heterocycles. The number of sulfonamides is 1. The summed E-state index contributed by atoms with van der Waals surface area (Å²) in [6, 6.07) is 3.12. The molecule has 1 aliphatic rings. The number of aryl methyl sites for hydroxylation is 2. The van der Waals surface area contributed by atoms with Crippen molar-refractivity contribution in [1.82, 2.24) is 14.5 Å². The third-order valence-electron chi connectivity index (χ3n) is 4.41. The molecule has 1 atom stereocenters. The van der Waals surface area contributed by atoms with E-state index in [0.29, 0.717) is 18.4 Å². The number of benzene rings is 1. The van der Waals surface area contributed by atoms with Crippen LogP contribution in [-0.4, -0.2) is 29.4 Å². The van der Waals surface area contributed by atoms with Crippen LogP contribution in [0.2, 0.25) is 0 Å². The second-order valence-corrected chi connectivity index (χ2v) is 8.02. The number of hydrogen-bond acceptors (Lipinski definition) is 4. The summed E-state index contributed by atoms with van der Waals surface area (Å²) < 4.78 is 43.1. The highest BCUT2D eigenvalue weighted by atomic mass is 32.2. The predicted molar refractivity (Wildman–Crippen MR) is 86.1 cm³/mol. The Morgan fingerprint density at radius 2 is 2.12 bits per heavy atom. The molecule has 0 unspecified atom stereocenters. The molecule has 2 aromatic rings. The molecule has 0 radical (unpaired) electrons. The van der Waals surface area contributed by atoms with E-state index in [0.717, 1.165) is 11.6 Å². The normalized spacial score (nSPS) is 22.2. The zero-order chi connectivity index (χ0) is 17.5. The van der Waals surface area contributed by atoms with Gasteiger partial charge in [-0.05, 0) is 49.4 Å². The van der Waals surface area contributed by atoms with Crippen LogP contribution in [0, 0.1) is 18.7 Å². The molecule has 1 aromatic heterocycles. The Morgan fingerprint density at radius 1 is 1.42 bits per heavy atom. The van der Waals surface area contributed by atoms with Crippen LogP contribution in [0.1, 0.15) is 30.0 Å². The van der Waals surface area contributed by atoms with E-state index in [-0.39, 0.29) is 10.8 Å². The van der Waals surface area contributed by atoms with E-state index in [4.69, 9.17) is 0 Å². The van der Waals surface area contributed by atoms with Gasteiger partial charge in [-0.1, -0.05) is 0 Å². The number of aromatic nitrogens is 2. The molecule has 1 saturated carbocycles. The summed E-state index contributed by atoms with van der Waals surface area (Å²) >= 11 is 0. The fourth-order valence-electron chi connectivity index (χ4n) is 3.08. The van der Waals surface area contributed by atoms with Crippen molar-refractivity contribution < 1.29 is 17.9 Å². The third kappa shape index (κ3) is 3.35. The van der Waals surface area contributed by atoms with E-state index in [1.54, 1.807) is 31.0 Å². The van der Waals surface area contributed by atoms with E-state index in [9.17, 15) is 17.9 Å².